The molecule has 0 radical (unpaired) electrons. The van der Waals surface area contributed by atoms with Crippen LogP contribution in [0.3, 0.4) is 0 Å². The molecule has 0 spiro atoms. The van der Waals surface area contributed by atoms with Crippen LogP contribution in [0.25, 0.3) is 0 Å². The predicted molar refractivity (Wildman–Crippen MR) is 115 cm³/mol. The fraction of sp³-hybridized carbons (Fsp3) is 0.227. The molecule has 1 aromatic heterocycles. The number of thiophene rings is 1. The number of carbonyl (C=O) groups is 1. The third-order valence-electron chi connectivity index (χ3n) is 5.20. The maximum Gasteiger partial charge on any atom is 0.254 e. The van der Waals surface area contributed by atoms with Gasteiger partial charge in [0.2, 0.25) is 10.0 Å². The second-order valence-electron chi connectivity index (χ2n) is 7.18. The molecule has 7 heteroatoms. The van der Waals surface area contributed by atoms with Crippen molar-refractivity contribution < 1.29 is 13.2 Å². The van der Waals surface area contributed by atoms with Crippen LogP contribution in [0.5, 0.6) is 0 Å². The number of benzene rings is 2. The molecule has 0 aliphatic carbocycles. The first-order valence-corrected chi connectivity index (χ1v) is 11.7. The van der Waals surface area contributed by atoms with E-state index in [4.69, 9.17) is 0 Å². The van der Waals surface area contributed by atoms with Crippen LogP contribution in [-0.2, 0) is 16.4 Å². The normalized spacial score (nSPS) is 16.7. The zero-order valence-corrected chi connectivity index (χ0v) is 17.9. The summed E-state index contributed by atoms with van der Waals surface area (Å²) < 4.78 is 26.2. The summed E-state index contributed by atoms with van der Waals surface area (Å²) >= 11 is 1.72. The molecule has 1 amide bonds. The largest absolute Gasteiger partial charge is 0.327 e. The Morgan fingerprint density at radius 2 is 1.83 bits per heavy atom. The van der Waals surface area contributed by atoms with Crippen LogP contribution < -0.4 is 0 Å². The second kappa shape index (κ2) is 7.74. The van der Waals surface area contributed by atoms with E-state index in [0.29, 0.717) is 12.1 Å². The maximum atomic E-state index is 13.5. The Hall–Kier alpha value is -2.48. The molecule has 0 saturated carbocycles. The van der Waals surface area contributed by atoms with E-state index in [0.717, 1.165) is 21.9 Å². The minimum absolute atomic E-state index is 0.123. The number of fused-ring (bicyclic) bond motifs is 1. The van der Waals surface area contributed by atoms with Gasteiger partial charge < -0.3 is 4.90 Å². The number of amides is 1. The molecule has 4 rings (SSSR count). The van der Waals surface area contributed by atoms with Gasteiger partial charge in [-0.15, -0.1) is 11.3 Å². The molecule has 29 heavy (non-hydrogen) atoms. The highest BCUT2D eigenvalue weighted by molar-refractivity contribution is 7.89. The van der Waals surface area contributed by atoms with Gasteiger partial charge in [-0.3, -0.25) is 4.79 Å². The smallest absolute Gasteiger partial charge is 0.254 e. The molecule has 0 N–H and O–H groups in total. The number of hydrogen-bond donors (Lipinski definition) is 0. The van der Waals surface area contributed by atoms with Gasteiger partial charge in [-0.25, -0.2) is 12.7 Å². The first-order chi connectivity index (χ1) is 13.9. The molecule has 1 atom stereocenters. The number of hydrogen-bond acceptors (Lipinski definition) is 4. The van der Waals surface area contributed by atoms with Gasteiger partial charge in [-0.05, 0) is 47.2 Å². The van der Waals surface area contributed by atoms with Crippen molar-refractivity contribution in [3.05, 3.63) is 87.6 Å². The van der Waals surface area contributed by atoms with Gasteiger partial charge in [-0.1, -0.05) is 36.4 Å². The lowest BCUT2D eigenvalue weighted by Gasteiger charge is -2.36. The van der Waals surface area contributed by atoms with Gasteiger partial charge in [0, 0.05) is 31.1 Å². The molecule has 0 fully saturated rings. The number of rotatable bonds is 4. The monoisotopic (exact) mass is 426 g/mol. The lowest BCUT2D eigenvalue weighted by Crippen LogP contribution is -2.40. The Balaban J connectivity index is 1.75. The van der Waals surface area contributed by atoms with E-state index < -0.39 is 10.0 Å². The van der Waals surface area contributed by atoms with Gasteiger partial charge in [-0.2, -0.15) is 0 Å². The summed E-state index contributed by atoms with van der Waals surface area (Å²) in [7, 11) is -0.637. The highest BCUT2D eigenvalue weighted by atomic mass is 32.2. The van der Waals surface area contributed by atoms with Crippen LogP contribution >= 0.6 is 11.3 Å². The highest BCUT2D eigenvalue weighted by Crippen LogP contribution is 2.38. The van der Waals surface area contributed by atoms with Gasteiger partial charge in [0.25, 0.3) is 5.91 Å². The van der Waals surface area contributed by atoms with Gasteiger partial charge in [0.15, 0.2) is 0 Å². The average molecular weight is 427 g/mol. The fourth-order valence-electron chi connectivity index (χ4n) is 3.70. The van der Waals surface area contributed by atoms with Crippen LogP contribution in [0.15, 0.2) is 70.9 Å². The maximum absolute atomic E-state index is 13.5. The van der Waals surface area contributed by atoms with Crippen LogP contribution in [0.2, 0.25) is 0 Å². The first-order valence-electron chi connectivity index (χ1n) is 9.34. The molecule has 1 aliphatic rings. The fourth-order valence-corrected chi connectivity index (χ4v) is 5.55. The number of nitrogens with zero attached hydrogens (tertiary/aromatic N) is 2. The van der Waals surface area contributed by atoms with E-state index in [1.54, 1.807) is 23.5 Å². The lowest BCUT2D eigenvalue weighted by atomic mass is 9.92. The molecular formula is C22H22N2O3S2. The average Bonchev–Trinajstić information content (AvgIpc) is 3.22. The quantitative estimate of drug-likeness (QED) is 0.638. The zero-order valence-electron chi connectivity index (χ0n) is 16.3. The first kappa shape index (κ1) is 19.8. The molecule has 0 saturated heterocycles. The van der Waals surface area contributed by atoms with Crippen LogP contribution in [0, 0.1) is 0 Å². The summed E-state index contributed by atoms with van der Waals surface area (Å²) in [5.74, 6) is -0.161. The van der Waals surface area contributed by atoms with E-state index in [2.05, 4.69) is 11.4 Å². The van der Waals surface area contributed by atoms with E-state index in [-0.39, 0.29) is 16.8 Å². The van der Waals surface area contributed by atoms with Gasteiger partial charge in [0.05, 0.1) is 10.9 Å². The molecule has 0 unspecified atom stereocenters. The second-order valence-corrected chi connectivity index (χ2v) is 10.3. The lowest BCUT2D eigenvalue weighted by molar-refractivity contribution is 0.0696. The third-order valence-corrected chi connectivity index (χ3v) is 8.01. The molecular weight excluding hydrogens is 404 g/mol. The summed E-state index contributed by atoms with van der Waals surface area (Å²) in [5, 5.41) is 2.07. The summed E-state index contributed by atoms with van der Waals surface area (Å²) in [6.07, 6.45) is 0.803. The van der Waals surface area contributed by atoms with Crippen molar-refractivity contribution in [3.8, 4) is 0 Å². The van der Waals surface area contributed by atoms with Crippen molar-refractivity contribution in [2.45, 2.75) is 17.4 Å². The Labute approximate surface area is 175 Å². The number of sulfonamides is 1. The molecule has 5 nitrogen and oxygen atoms in total. The predicted octanol–water partition coefficient (Wildman–Crippen LogP) is 3.79. The molecule has 150 valence electrons. The van der Waals surface area contributed by atoms with Crippen molar-refractivity contribution >= 4 is 27.3 Å². The highest BCUT2D eigenvalue weighted by Gasteiger charge is 2.33. The van der Waals surface area contributed by atoms with Crippen molar-refractivity contribution in [1.82, 2.24) is 9.21 Å². The SMILES string of the molecule is CN(C)S(=O)(=O)c1cccc(C(=O)N2CCc3sccc3[C@H]2c2ccccc2)c1. The topological polar surface area (TPSA) is 57.7 Å². The molecule has 2 aromatic carbocycles. The molecule has 3 aromatic rings. The third kappa shape index (κ3) is 3.61. The summed E-state index contributed by atoms with van der Waals surface area (Å²) in [6, 6.07) is 18.2. The minimum atomic E-state index is -3.60. The van der Waals surface area contributed by atoms with Gasteiger partial charge >= 0.3 is 0 Å². The zero-order chi connectivity index (χ0) is 20.6. The summed E-state index contributed by atoms with van der Waals surface area (Å²) in [5.41, 5.74) is 2.59. The van der Waals surface area contributed by atoms with E-state index in [1.807, 2.05) is 35.2 Å². The standard InChI is InChI=1S/C22H22N2O3S2/c1-23(2)29(26,27)18-10-6-9-17(15-18)22(25)24-13-11-20-19(12-14-28-20)21(24)16-7-4-3-5-8-16/h3-10,12,14-15,21H,11,13H2,1-2H3/t21-/m1/s1. The van der Waals surface area contributed by atoms with Crippen LogP contribution in [0.1, 0.15) is 32.4 Å². The van der Waals surface area contributed by atoms with Crippen LogP contribution in [0.4, 0.5) is 0 Å². The molecule has 0 bridgehead atoms. The van der Waals surface area contributed by atoms with E-state index in [9.17, 15) is 13.2 Å². The Morgan fingerprint density at radius 3 is 2.55 bits per heavy atom. The molecule has 2 heterocycles. The van der Waals surface area contributed by atoms with Crippen molar-refractivity contribution in [2.24, 2.45) is 0 Å². The number of carbonyl (C=O) groups excluding carboxylic acids is 1. The molecule has 1 aliphatic heterocycles. The summed E-state index contributed by atoms with van der Waals surface area (Å²) in [4.78, 5) is 16.8. The minimum Gasteiger partial charge on any atom is -0.327 e. The van der Waals surface area contributed by atoms with Crippen molar-refractivity contribution in [1.29, 1.82) is 0 Å². The van der Waals surface area contributed by atoms with Crippen molar-refractivity contribution in [2.75, 3.05) is 20.6 Å². The Kier molecular flexibility index (Phi) is 5.29. The van der Waals surface area contributed by atoms with Gasteiger partial charge in [0.1, 0.15) is 0 Å². The van der Waals surface area contributed by atoms with Crippen LogP contribution in [-0.4, -0.2) is 44.2 Å². The van der Waals surface area contributed by atoms with Crippen molar-refractivity contribution in [3.63, 3.8) is 0 Å². The summed E-state index contributed by atoms with van der Waals surface area (Å²) in [6.45, 7) is 0.594. The van der Waals surface area contributed by atoms with E-state index >= 15 is 0 Å². The van der Waals surface area contributed by atoms with E-state index in [1.165, 1.54) is 31.1 Å². The Morgan fingerprint density at radius 1 is 1.07 bits per heavy atom. The Bertz CT molecular complexity index is 1140.